The van der Waals surface area contributed by atoms with Crippen molar-refractivity contribution in [2.75, 3.05) is 18.0 Å². The second kappa shape index (κ2) is 6.00. The van der Waals surface area contributed by atoms with Crippen LogP contribution in [0, 0.1) is 5.41 Å². The van der Waals surface area contributed by atoms with Crippen molar-refractivity contribution in [1.29, 1.82) is 0 Å². The van der Waals surface area contributed by atoms with Crippen LogP contribution in [0.3, 0.4) is 0 Å². The molecule has 1 N–H and O–H groups in total. The maximum absolute atomic E-state index is 12.7. The Morgan fingerprint density at radius 3 is 2.71 bits per heavy atom. The van der Waals surface area contributed by atoms with Crippen LogP contribution in [0.5, 0.6) is 0 Å². The Morgan fingerprint density at radius 1 is 1.29 bits per heavy atom. The summed E-state index contributed by atoms with van der Waals surface area (Å²) in [5, 5.41) is 3.25. The lowest BCUT2D eigenvalue weighted by atomic mass is 9.81. The lowest BCUT2D eigenvalue weighted by molar-refractivity contribution is -0.131. The first-order valence-electron chi connectivity index (χ1n) is 8.00. The summed E-state index contributed by atoms with van der Waals surface area (Å²) in [4.78, 5) is 23.4. The molecule has 5 heteroatoms. The maximum atomic E-state index is 12.7. The molecule has 1 saturated heterocycles. The van der Waals surface area contributed by atoms with E-state index in [0.29, 0.717) is 12.6 Å². The fourth-order valence-electron chi connectivity index (χ4n) is 3.48. The molecule has 1 unspecified atom stereocenters. The van der Waals surface area contributed by atoms with Gasteiger partial charge in [0.15, 0.2) is 0 Å². The first-order valence-corrected chi connectivity index (χ1v) is 8.00. The third kappa shape index (κ3) is 3.17. The van der Waals surface area contributed by atoms with Gasteiger partial charge in [0.1, 0.15) is 0 Å². The summed E-state index contributed by atoms with van der Waals surface area (Å²) in [6, 6.07) is 2.21. The molecule has 0 spiro atoms. The van der Waals surface area contributed by atoms with E-state index in [-0.39, 0.29) is 11.3 Å². The summed E-state index contributed by atoms with van der Waals surface area (Å²) in [5.41, 5.74) is -0.333. The molecule has 1 aliphatic carbocycles. The van der Waals surface area contributed by atoms with Crippen LogP contribution in [0.25, 0.3) is 0 Å². The summed E-state index contributed by atoms with van der Waals surface area (Å²) < 4.78 is 0. The topological polar surface area (TPSA) is 58.1 Å². The first kappa shape index (κ1) is 14.3. The molecule has 1 amide bonds. The molecule has 2 aliphatic rings. The predicted octanol–water partition coefficient (Wildman–Crippen LogP) is 2.14. The molecular weight excluding hydrogens is 264 g/mol. The van der Waals surface area contributed by atoms with Crippen LogP contribution in [0.4, 0.5) is 5.95 Å². The number of amides is 1. The summed E-state index contributed by atoms with van der Waals surface area (Å²) >= 11 is 0. The molecule has 0 bridgehead atoms. The van der Waals surface area contributed by atoms with Crippen molar-refractivity contribution in [2.24, 2.45) is 5.41 Å². The van der Waals surface area contributed by atoms with E-state index >= 15 is 0 Å². The molecule has 3 rings (SSSR count). The summed E-state index contributed by atoms with van der Waals surface area (Å²) in [6.45, 7) is 3.71. The van der Waals surface area contributed by atoms with Crippen molar-refractivity contribution in [2.45, 2.75) is 51.5 Å². The fourth-order valence-corrected chi connectivity index (χ4v) is 3.48. The van der Waals surface area contributed by atoms with Gasteiger partial charge in [0.25, 0.3) is 0 Å². The number of aromatic nitrogens is 2. The smallest absolute Gasteiger partial charge is 0.227 e. The number of rotatable bonds is 3. The van der Waals surface area contributed by atoms with Gasteiger partial charge in [-0.2, -0.15) is 0 Å². The van der Waals surface area contributed by atoms with E-state index in [1.807, 2.05) is 6.07 Å². The zero-order valence-corrected chi connectivity index (χ0v) is 12.7. The first-order chi connectivity index (χ1) is 10.2. The average Bonchev–Trinajstić information content (AvgIpc) is 3.01. The highest BCUT2D eigenvalue weighted by molar-refractivity contribution is 5.83. The van der Waals surface area contributed by atoms with Gasteiger partial charge in [-0.15, -0.1) is 0 Å². The molecule has 21 heavy (non-hydrogen) atoms. The number of anilines is 1. The molecule has 1 aromatic heterocycles. The van der Waals surface area contributed by atoms with Gasteiger partial charge in [-0.3, -0.25) is 4.79 Å². The van der Waals surface area contributed by atoms with E-state index in [9.17, 15) is 4.79 Å². The van der Waals surface area contributed by atoms with E-state index in [0.717, 1.165) is 38.2 Å². The number of nitrogens with one attached hydrogen (secondary N) is 1. The van der Waals surface area contributed by atoms with Crippen molar-refractivity contribution in [3.05, 3.63) is 18.5 Å². The van der Waals surface area contributed by atoms with Crippen molar-refractivity contribution in [3.8, 4) is 0 Å². The quantitative estimate of drug-likeness (QED) is 0.926. The Labute approximate surface area is 126 Å². The SMILES string of the molecule is CC1(C(=O)NC2CCCC2)CCCN(c2ncccn2)C1. The highest BCUT2D eigenvalue weighted by Gasteiger charge is 2.39. The molecule has 0 aromatic carbocycles. The minimum Gasteiger partial charge on any atom is -0.353 e. The molecule has 1 atom stereocenters. The van der Waals surface area contributed by atoms with Gasteiger partial charge in [-0.05, 0) is 38.7 Å². The van der Waals surface area contributed by atoms with E-state index in [4.69, 9.17) is 0 Å². The maximum Gasteiger partial charge on any atom is 0.227 e. The lowest BCUT2D eigenvalue weighted by Gasteiger charge is -2.39. The average molecular weight is 288 g/mol. The van der Waals surface area contributed by atoms with Crippen LogP contribution < -0.4 is 10.2 Å². The summed E-state index contributed by atoms with van der Waals surface area (Å²) in [7, 11) is 0. The van der Waals surface area contributed by atoms with Gasteiger partial charge in [-0.1, -0.05) is 12.8 Å². The number of hydrogen-bond donors (Lipinski definition) is 1. The monoisotopic (exact) mass is 288 g/mol. The summed E-state index contributed by atoms with van der Waals surface area (Å²) in [6.07, 6.45) is 10.2. The van der Waals surface area contributed by atoms with Crippen molar-refractivity contribution in [3.63, 3.8) is 0 Å². The minimum absolute atomic E-state index is 0.204. The Balaban J connectivity index is 1.67. The van der Waals surface area contributed by atoms with Gasteiger partial charge < -0.3 is 10.2 Å². The van der Waals surface area contributed by atoms with Gasteiger partial charge >= 0.3 is 0 Å². The highest BCUT2D eigenvalue weighted by atomic mass is 16.2. The van der Waals surface area contributed by atoms with Crippen molar-refractivity contribution < 1.29 is 4.79 Å². The van der Waals surface area contributed by atoms with Gasteiger partial charge in [0, 0.05) is 31.5 Å². The lowest BCUT2D eigenvalue weighted by Crippen LogP contribution is -2.52. The van der Waals surface area contributed by atoms with Crippen LogP contribution in [-0.2, 0) is 4.79 Å². The van der Waals surface area contributed by atoms with E-state index < -0.39 is 0 Å². The zero-order chi connectivity index (χ0) is 14.7. The summed E-state index contributed by atoms with van der Waals surface area (Å²) in [5.74, 6) is 0.937. The second-order valence-electron chi connectivity index (χ2n) is 6.59. The third-order valence-electron chi connectivity index (χ3n) is 4.77. The van der Waals surface area contributed by atoms with Crippen molar-refractivity contribution in [1.82, 2.24) is 15.3 Å². The molecule has 114 valence electrons. The van der Waals surface area contributed by atoms with Crippen LogP contribution in [0.1, 0.15) is 45.4 Å². The van der Waals surface area contributed by atoms with E-state index in [2.05, 4.69) is 27.1 Å². The Bertz CT molecular complexity index is 486. The predicted molar refractivity (Wildman–Crippen MR) is 82.0 cm³/mol. The minimum atomic E-state index is -0.333. The van der Waals surface area contributed by atoms with E-state index in [1.54, 1.807) is 12.4 Å². The number of carbonyl (C=O) groups excluding carboxylic acids is 1. The number of nitrogens with zero attached hydrogens (tertiary/aromatic N) is 3. The molecule has 1 aliphatic heterocycles. The van der Waals surface area contributed by atoms with Crippen LogP contribution in [0.2, 0.25) is 0 Å². The molecule has 0 radical (unpaired) electrons. The third-order valence-corrected chi connectivity index (χ3v) is 4.77. The standard InChI is InChI=1S/C16H24N4O/c1-16(14(21)19-13-6-2-3-7-13)8-4-11-20(12-16)15-17-9-5-10-18-15/h5,9-10,13H,2-4,6-8,11-12H2,1H3,(H,19,21). The molecule has 1 aromatic rings. The Hall–Kier alpha value is -1.65. The Kier molecular flexibility index (Phi) is 4.08. The molecule has 1 saturated carbocycles. The molecule has 2 fully saturated rings. The van der Waals surface area contributed by atoms with Crippen LogP contribution in [0.15, 0.2) is 18.5 Å². The number of carbonyl (C=O) groups is 1. The normalized spacial score (nSPS) is 26.8. The largest absolute Gasteiger partial charge is 0.353 e. The van der Waals surface area contributed by atoms with Crippen LogP contribution >= 0.6 is 0 Å². The molecular formula is C16H24N4O. The van der Waals surface area contributed by atoms with E-state index in [1.165, 1.54) is 12.8 Å². The van der Waals surface area contributed by atoms with Crippen molar-refractivity contribution >= 4 is 11.9 Å². The van der Waals surface area contributed by atoms with Gasteiger partial charge in [0.05, 0.1) is 5.41 Å². The number of hydrogen-bond acceptors (Lipinski definition) is 4. The molecule has 5 nitrogen and oxygen atoms in total. The fraction of sp³-hybridized carbons (Fsp3) is 0.688. The second-order valence-corrected chi connectivity index (χ2v) is 6.59. The Morgan fingerprint density at radius 2 is 2.00 bits per heavy atom. The highest BCUT2D eigenvalue weighted by Crippen LogP contribution is 2.32. The zero-order valence-electron chi connectivity index (χ0n) is 12.7. The van der Waals surface area contributed by atoms with Crippen LogP contribution in [-0.4, -0.2) is 35.0 Å². The molecule has 2 heterocycles. The van der Waals surface area contributed by atoms with Gasteiger partial charge in [0.2, 0.25) is 11.9 Å². The number of piperidine rings is 1. The van der Waals surface area contributed by atoms with Gasteiger partial charge in [-0.25, -0.2) is 9.97 Å².